The van der Waals surface area contributed by atoms with Crippen molar-refractivity contribution in [1.82, 2.24) is 9.03 Å². The quantitative estimate of drug-likeness (QED) is 0.323. The average molecular weight is 546 g/mol. The maximum absolute atomic E-state index is 13.6. The molecule has 1 aliphatic rings. The van der Waals surface area contributed by atoms with Crippen LogP contribution in [0.2, 0.25) is 0 Å². The Balaban J connectivity index is 1.56. The van der Waals surface area contributed by atoms with Crippen molar-refractivity contribution >= 4 is 25.7 Å². The molecule has 1 heterocycles. The molecule has 0 radical (unpaired) electrons. The number of nitrogens with one attached hydrogen (secondary N) is 1. The number of nitro benzene ring substituents is 1. The lowest BCUT2D eigenvalue weighted by molar-refractivity contribution is -0.384. The molecule has 10 nitrogen and oxygen atoms in total. The number of hydrogen-bond donors (Lipinski definition) is 1. The largest absolute Gasteiger partial charge is 0.374 e. The van der Waals surface area contributed by atoms with E-state index in [1.54, 1.807) is 12.1 Å². The van der Waals surface area contributed by atoms with Gasteiger partial charge in [-0.2, -0.15) is 4.31 Å². The standard InChI is InChI=1S/C25H27N3O7S2/c1-19-7-11-24(12-8-19)36(31,32)26-16-23-17-27(22(18-35-23)15-20-5-3-2-4-6-20)37(33,34)25-13-9-21(10-14-25)28(29)30/h2-14,22-23,26H,15-18H2,1H3/t22-,23-/m0/s1. The summed E-state index contributed by atoms with van der Waals surface area (Å²) in [6.45, 7) is 1.69. The van der Waals surface area contributed by atoms with Gasteiger partial charge in [-0.1, -0.05) is 48.0 Å². The Morgan fingerprint density at radius 2 is 1.57 bits per heavy atom. The maximum atomic E-state index is 13.6. The minimum atomic E-state index is -4.06. The normalized spacial score (nSPS) is 18.9. The Hall–Kier alpha value is -3.16. The predicted octanol–water partition coefficient (Wildman–Crippen LogP) is 2.88. The van der Waals surface area contributed by atoms with Gasteiger partial charge in [0.2, 0.25) is 20.0 Å². The highest BCUT2D eigenvalue weighted by Gasteiger charge is 2.38. The van der Waals surface area contributed by atoms with Gasteiger partial charge >= 0.3 is 0 Å². The van der Waals surface area contributed by atoms with Gasteiger partial charge in [-0.25, -0.2) is 21.6 Å². The lowest BCUT2D eigenvalue weighted by Gasteiger charge is -2.39. The van der Waals surface area contributed by atoms with E-state index in [0.29, 0.717) is 6.42 Å². The molecule has 3 aromatic rings. The molecule has 12 heteroatoms. The number of aryl methyl sites for hydroxylation is 1. The van der Waals surface area contributed by atoms with Crippen molar-refractivity contribution in [3.8, 4) is 0 Å². The van der Waals surface area contributed by atoms with Crippen LogP contribution in [0, 0.1) is 17.0 Å². The van der Waals surface area contributed by atoms with E-state index in [1.807, 2.05) is 37.3 Å². The van der Waals surface area contributed by atoms with Gasteiger partial charge in [0.1, 0.15) is 0 Å². The van der Waals surface area contributed by atoms with Gasteiger partial charge in [-0.15, -0.1) is 0 Å². The molecule has 2 atom stereocenters. The fraction of sp³-hybridized carbons (Fsp3) is 0.280. The molecule has 0 saturated carbocycles. The van der Waals surface area contributed by atoms with Crippen LogP contribution in [0.25, 0.3) is 0 Å². The first kappa shape index (κ1) is 26.9. The van der Waals surface area contributed by atoms with Crippen molar-refractivity contribution in [3.63, 3.8) is 0 Å². The second-order valence-electron chi connectivity index (χ2n) is 8.79. The molecule has 0 aromatic heterocycles. The third kappa shape index (κ3) is 6.40. The van der Waals surface area contributed by atoms with Crippen LogP contribution in [0.5, 0.6) is 0 Å². The Morgan fingerprint density at radius 3 is 2.19 bits per heavy atom. The Bertz CT molecular complexity index is 1440. The number of hydrogen-bond acceptors (Lipinski definition) is 7. The van der Waals surface area contributed by atoms with Crippen LogP contribution in [0.15, 0.2) is 88.7 Å². The number of nitro groups is 1. The van der Waals surface area contributed by atoms with Crippen LogP contribution < -0.4 is 4.72 Å². The molecule has 37 heavy (non-hydrogen) atoms. The Labute approximate surface area is 216 Å². The molecule has 0 amide bonds. The first-order valence-electron chi connectivity index (χ1n) is 11.5. The van der Waals surface area contributed by atoms with Crippen molar-refractivity contribution in [2.75, 3.05) is 19.7 Å². The molecule has 0 bridgehead atoms. The lowest BCUT2D eigenvalue weighted by atomic mass is 10.1. The van der Waals surface area contributed by atoms with Crippen molar-refractivity contribution in [2.45, 2.75) is 35.3 Å². The van der Waals surface area contributed by atoms with Gasteiger partial charge < -0.3 is 4.74 Å². The van der Waals surface area contributed by atoms with Gasteiger partial charge in [0.25, 0.3) is 5.69 Å². The summed E-state index contributed by atoms with van der Waals surface area (Å²) < 4.78 is 62.4. The first-order chi connectivity index (χ1) is 17.6. The van der Waals surface area contributed by atoms with Crippen molar-refractivity contribution < 1.29 is 26.5 Å². The lowest BCUT2D eigenvalue weighted by Crippen LogP contribution is -2.55. The number of sulfonamides is 2. The van der Waals surface area contributed by atoms with E-state index in [4.69, 9.17) is 4.74 Å². The highest BCUT2D eigenvalue weighted by atomic mass is 32.2. The molecule has 1 saturated heterocycles. The van der Waals surface area contributed by atoms with E-state index in [1.165, 1.54) is 28.6 Å². The molecular weight excluding hydrogens is 518 g/mol. The molecule has 3 aromatic carbocycles. The van der Waals surface area contributed by atoms with Crippen LogP contribution in [-0.4, -0.2) is 57.9 Å². The molecule has 196 valence electrons. The Morgan fingerprint density at radius 1 is 0.946 bits per heavy atom. The van der Waals surface area contributed by atoms with Crippen LogP contribution in [0.1, 0.15) is 11.1 Å². The smallest absolute Gasteiger partial charge is 0.269 e. The summed E-state index contributed by atoms with van der Waals surface area (Å²) >= 11 is 0. The summed E-state index contributed by atoms with van der Waals surface area (Å²) in [6.07, 6.45) is -0.352. The maximum Gasteiger partial charge on any atom is 0.269 e. The van der Waals surface area contributed by atoms with Gasteiger partial charge in [0.15, 0.2) is 0 Å². The van der Waals surface area contributed by atoms with Gasteiger partial charge in [-0.05, 0) is 43.2 Å². The summed E-state index contributed by atoms with van der Waals surface area (Å²) in [5.41, 5.74) is 1.62. The number of non-ortho nitro benzene ring substituents is 1. The summed E-state index contributed by atoms with van der Waals surface area (Å²) in [5.74, 6) is 0. The van der Waals surface area contributed by atoms with Gasteiger partial charge in [-0.3, -0.25) is 10.1 Å². The summed E-state index contributed by atoms with van der Waals surface area (Å²) in [5, 5.41) is 11.0. The number of benzene rings is 3. The average Bonchev–Trinajstić information content (AvgIpc) is 2.89. The predicted molar refractivity (Wildman–Crippen MR) is 137 cm³/mol. The van der Waals surface area contributed by atoms with E-state index in [0.717, 1.165) is 23.3 Å². The van der Waals surface area contributed by atoms with Gasteiger partial charge in [0.05, 0.1) is 33.5 Å². The second-order valence-corrected chi connectivity index (χ2v) is 12.4. The zero-order valence-electron chi connectivity index (χ0n) is 20.1. The third-order valence-electron chi connectivity index (χ3n) is 6.12. The molecule has 0 unspecified atom stereocenters. The fourth-order valence-electron chi connectivity index (χ4n) is 4.08. The van der Waals surface area contributed by atoms with E-state index >= 15 is 0 Å². The summed E-state index contributed by atoms with van der Waals surface area (Å²) in [4.78, 5) is 10.4. The van der Waals surface area contributed by atoms with E-state index in [-0.39, 0.29) is 35.2 Å². The van der Waals surface area contributed by atoms with Crippen LogP contribution in [0.4, 0.5) is 5.69 Å². The zero-order valence-corrected chi connectivity index (χ0v) is 21.7. The van der Waals surface area contributed by atoms with Crippen LogP contribution in [0.3, 0.4) is 0 Å². The van der Waals surface area contributed by atoms with Crippen LogP contribution >= 0.6 is 0 Å². The molecule has 4 rings (SSSR count). The molecule has 0 aliphatic carbocycles. The molecule has 1 N–H and O–H groups in total. The van der Waals surface area contributed by atoms with E-state index in [9.17, 15) is 26.9 Å². The molecule has 0 spiro atoms. The van der Waals surface area contributed by atoms with Crippen molar-refractivity contribution in [1.29, 1.82) is 0 Å². The molecule has 1 fully saturated rings. The first-order valence-corrected chi connectivity index (χ1v) is 14.5. The van der Waals surface area contributed by atoms with Crippen LogP contribution in [-0.2, 0) is 31.2 Å². The summed E-state index contributed by atoms with van der Waals surface area (Å²) in [7, 11) is -7.88. The number of morpholine rings is 1. The van der Waals surface area contributed by atoms with E-state index < -0.39 is 37.1 Å². The summed E-state index contributed by atoms with van der Waals surface area (Å²) in [6, 6.07) is 19.9. The third-order valence-corrected chi connectivity index (χ3v) is 9.49. The monoisotopic (exact) mass is 545 g/mol. The molecular formula is C25H27N3O7S2. The minimum Gasteiger partial charge on any atom is -0.374 e. The highest BCUT2D eigenvalue weighted by Crippen LogP contribution is 2.26. The zero-order chi connectivity index (χ0) is 26.6. The Kier molecular flexibility index (Phi) is 8.05. The van der Waals surface area contributed by atoms with E-state index in [2.05, 4.69) is 4.72 Å². The fourth-order valence-corrected chi connectivity index (χ4v) is 6.78. The number of nitrogens with zero attached hydrogens (tertiary/aromatic N) is 2. The molecule has 1 aliphatic heterocycles. The van der Waals surface area contributed by atoms with Crippen molar-refractivity contribution in [2.24, 2.45) is 0 Å². The number of ether oxygens (including phenoxy) is 1. The van der Waals surface area contributed by atoms with Gasteiger partial charge in [0, 0.05) is 25.2 Å². The second kappa shape index (κ2) is 11.1. The SMILES string of the molecule is Cc1ccc(S(=O)(=O)NC[C@H]2CN(S(=O)(=O)c3ccc([N+](=O)[O-])cc3)[C@@H](Cc3ccccc3)CO2)cc1. The minimum absolute atomic E-state index is 0.0536. The topological polar surface area (TPSA) is 136 Å². The van der Waals surface area contributed by atoms with Crippen molar-refractivity contribution in [3.05, 3.63) is 100 Å². The highest BCUT2D eigenvalue weighted by molar-refractivity contribution is 7.89. The number of rotatable bonds is 9.